The molecule has 1 nitrogen and oxygen atoms in total. The number of halogens is 1. The molecule has 0 aliphatic heterocycles. The number of rotatable bonds is 4. The molecule has 0 spiro atoms. The van der Waals surface area contributed by atoms with Crippen LogP contribution in [0.2, 0.25) is 5.02 Å². The average molecular weight is 252 g/mol. The van der Waals surface area contributed by atoms with Gasteiger partial charge in [0.1, 0.15) is 0 Å². The minimum absolute atomic E-state index is 0.409. The van der Waals surface area contributed by atoms with Gasteiger partial charge < -0.3 is 5.32 Å². The van der Waals surface area contributed by atoms with Gasteiger partial charge in [-0.3, -0.25) is 0 Å². The molecule has 1 saturated carbocycles. The third kappa shape index (κ3) is 2.83. The summed E-state index contributed by atoms with van der Waals surface area (Å²) < 4.78 is 0. The first-order chi connectivity index (χ1) is 8.11. The van der Waals surface area contributed by atoms with Gasteiger partial charge in [0.15, 0.2) is 0 Å². The van der Waals surface area contributed by atoms with Crippen molar-refractivity contribution in [2.75, 3.05) is 7.05 Å². The molecule has 1 fully saturated rings. The van der Waals surface area contributed by atoms with E-state index in [2.05, 4.69) is 31.3 Å². The van der Waals surface area contributed by atoms with Crippen LogP contribution in [-0.2, 0) is 0 Å². The summed E-state index contributed by atoms with van der Waals surface area (Å²) in [6, 6.07) is 4.75. The Hall–Kier alpha value is -0.530. The fourth-order valence-corrected chi connectivity index (χ4v) is 2.88. The summed E-state index contributed by atoms with van der Waals surface area (Å²) in [6.45, 7) is 4.27. The summed E-state index contributed by atoms with van der Waals surface area (Å²) in [6.07, 6.45) is 5.40. The summed E-state index contributed by atoms with van der Waals surface area (Å²) in [5.74, 6) is 0.894. The summed E-state index contributed by atoms with van der Waals surface area (Å²) in [5, 5.41) is 4.33. The predicted molar refractivity (Wildman–Crippen MR) is 74.7 cm³/mol. The molecule has 1 aromatic carbocycles. The Kier molecular flexibility index (Phi) is 4.11. The molecular formula is C15H22ClN. The standard InChI is InChI=1S/C15H22ClN/c1-10-7-13(14(16)8-11(10)2)15(17-3)9-12-5-4-6-12/h7-8,12,15,17H,4-6,9H2,1-3H3. The van der Waals surface area contributed by atoms with Gasteiger partial charge in [-0.05, 0) is 56.0 Å². The lowest BCUT2D eigenvalue weighted by Gasteiger charge is -2.30. The largest absolute Gasteiger partial charge is 0.313 e. The van der Waals surface area contributed by atoms with Gasteiger partial charge in [-0.2, -0.15) is 0 Å². The molecule has 1 aromatic rings. The highest BCUT2D eigenvalue weighted by Crippen LogP contribution is 2.37. The summed E-state index contributed by atoms with van der Waals surface area (Å²) in [5.41, 5.74) is 3.87. The van der Waals surface area contributed by atoms with Crippen LogP contribution >= 0.6 is 11.6 Å². The van der Waals surface area contributed by atoms with Crippen LogP contribution in [0.3, 0.4) is 0 Å². The molecule has 0 saturated heterocycles. The Bertz CT molecular complexity index is 396. The van der Waals surface area contributed by atoms with E-state index in [1.165, 1.54) is 42.4 Å². The summed E-state index contributed by atoms with van der Waals surface area (Å²) in [4.78, 5) is 0. The Morgan fingerprint density at radius 2 is 1.94 bits per heavy atom. The fourth-order valence-electron chi connectivity index (χ4n) is 2.53. The van der Waals surface area contributed by atoms with Crippen molar-refractivity contribution < 1.29 is 0 Å². The van der Waals surface area contributed by atoms with Gasteiger partial charge in [0, 0.05) is 11.1 Å². The van der Waals surface area contributed by atoms with E-state index < -0.39 is 0 Å². The van der Waals surface area contributed by atoms with E-state index in [0.717, 1.165) is 10.9 Å². The van der Waals surface area contributed by atoms with Gasteiger partial charge in [0.05, 0.1) is 0 Å². The van der Waals surface area contributed by atoms with Crippen molar-refractivity contribution in [3.8, 4) is 0 Å². The van der Waals surface area contributed by atoms with Crippen LogP contribution in [0.1, 0.15) is 48.4 Å². The number of hydrogen-bond acceptors (Lipinski definition) is 1. The van der Waals surface area contributed by atoms with E-state index >= 15 is 0 Å². The molecule has 0 bridgehead atoms. The van der Waals surface area contributed by atoms with Crippen LogP contribution in [0.4, 0.5) is 0 Å². The summed E-state index contributed by atoms with van der Waals surface area (Å²) >= 11 is 6.38. The van der Waals surface area contributed by atoms with Crippen LogP contribution in [-0.4, -0.2) is 7.05 Å². The highest BCUT2D eigenvalue weighted by Gasteiger charge is 2.23. The summed E-state index contributed by atoms with van der Waals surface area (Å²) in [7, 11) is 2.04. The highest BCUT2D eigenvalue weighted by atomic mass is 35.5. The molecule has 2 rings (SSSR count). The molecule has 0 aromatic heterocycles. The second-order valence-corrected chi connectivity index (χ2v) is 5.74. The van der Waals surface area contributed by atoms with Gasteiger partial charge in [0.2, 0.25) is 0 Å². The molecule has 94 valence electrons. The van der Waals surface area contributed by atoms with E-state index in [0.29, 0.717) is 6.04 Å². The van der Waals surface area contributed by atoms with Gasteiger partial charge in [-0.1, -0.05) is 36.9 Å². The van der Waals surface area contributed by atoms with Crippen LogP contribution in [0.25, 0.3) is 0 Å². The topological polar surface area (TPSA) is 12.0 Å². The molecular weight excluding hydrogens is 230 g/mol. The van der Waals surface area contributed by atoms with Crippen molar-refractivity contribution >= 4 is 11.6 Å². The molecule has 2 heteroatoms. The zero-order valence-electron chi connectivity index (χ0n) is 11.0. The van der Waals surface area contributed by atoms with Crippen molar-refractivity contribution in [3.63, 3.8) is 0 Å². The number of hydrogen-bond donors (Lipinski definition) is 1. The van der Waals surface area contributed by atoms with Gasteiger partial charge in [-0.25, -0.2) is 0 Å². The zero-order valence-corrected chi connectivity index (χ0v) is 11.8. The predicted octanol–water partition coefficient (Wildman–Crippen LogP) is 4.41. The molecule has 1 aliphatic rings. The number of aryl methyl sites for hydroxylation is 2. The lowest BCUT2D eigenvalue weighted by molar-refractivity contribution is 0.265. The SMILES string of the molecule is CNC(CC1CCC1)c1cc(C)c(C)cc1Cl. The van der Waals surface area contributed by atoms with Crippen LogP contribution < -0.4 is 5.32 Å². The third-order valence-electron chi connectivity index (χ3n) is 4.13. The zero-order chi connectivity index (χ0) is 12.4. The average Bonchev–Trinajstić information content (AvgIpc) is 2.23. The molecule has 1 N–H and O–H groups in total. The monoisotopic (exact) mass is 251 g/mol. The molecule has 0 amide bonds. The lowest BCUT2D eigenvalue weighted by atomic mass is 9.79. The maximum Gasteiger partial charge on any atom is 0.0456 e. The van der Waals surface area contributed by atoms with E-state index in [-0.39, 0.29) is 0 Å². The Morgan fingerprint density at radius 1 is 1.29 bits per heavy atom. The Morgan fingerprint density at radius 3 is 2.47 bits per heavy atom. The second kappa shape index (κ2) is 5.41. The first-order valence-electron chi connectivity index (χ1n) is 6.55. The van der Waals surface area contributed by atoms with E-state index in [9.17, 15) is 0 Å². The first kappa shape index (κ1) is 12.9. The van der Waals surface area contributed by atoms with Crippen molar-refractivity contribution in [3.05, 3.63) is 33.8 Å². The van der Waals surface area contributed by atoms with E-state index in [1.807, 2.05) is 7.05 Å². The van der Waals surface area contributed by atoms with Gasteiger partial charge in [-0.15, -0.1) is 0 Å². The van der Waals surface area contributed by atoms with Crippen LogP contribution in [0, 0.1) is 19.8 Å². The van der Waals surface area contributed by atoms with Crippen molar-refractivity contribution in [1.29, 1.82) is 0 Å². The molecule has 0 heterocycles. The van der Waals surface area contributed by atoms with Crippen molar-refractivity contribution in [2.45, 2.75) is 45.6 Å². The molecule has 1 aliphatic carbocycles. The van der Waals surface area contributed by atoms with Crippen LogP contribution in [0.5, 0.6) is 0 Å². The van der Waals surface area contributed by atoms with Gasteiger partial charge >= 0.3 is 0 Å². The highest BCUT2D eigenvalue weighted by molar-refractivity contribution is 6.31. The minimum Gasteiger partial charge on any atom is -0.313 e. The van der Waals surface area contributed by atoms with E-state index in [4.69, 9.17) is 11.6 Å². The fraction of sp³-hybridized carbons (Fsp3) is 0.600. The normalized spacial score (nSPS) is 17.9. The number of benzene rings is 1. The second-order valence-electron chi connectivity index (χ2n) is 5.33. The third-order valence-corrected chi connectivity index (χ3v) is 4.46. The van der Waals surface area contributed by atoms with Crippen molar-refractivity contribution in [1.82, 2.24) is 5.32 Å². The molecule has 1 atom stereocenters. The minimum atomic E-state index is 0.409. The maximum atomic E-state index is 6.38. The van der Waals surface area contributed by atoms with Crippen LogP contribution in [0.15, 0.2) is 12.1 Å². The van der Waals surface area contributed by atoms with Gasteiger partial charge in [0.25, 0.3) is 0 Å². The molecule has 17 heavy (non-hydrogen) atoms. The first-order valence-corrected chi connectivity index (χ1v) is 6.93. The number of nitrogens with one attached hydrogen (secondary N) is 1. The quantitative estimate of drug-likeness (QED) is 0.836. The molecule has 1 unspecified atom stereocenters. The maximum absolute atomic E-state index is 6.38. The lowest BCUT2D eigenvalue weighted by Crippen LogP contribution is -2.23. The molecule has 0 radical (unpaired) electrons. The van der Waals surface area contributed by atoms with Crippen molar-refractivity contribution in [2.24, 2.45) is 5.92 Å². The Balaban J connectivity index is 2.19. The smallest absolute Gasteiger partial charge is 0.0456 e. The van der Waals surface area contributed by atoms with E-state index in [1.54, 1.807) is 0 Å². The Labute approximate surface area is 110 Å².